The van der Waals surface area contributed by atoms with E-state index in [1.54, 1.807) is 7.11 Å². The summed E-state index contributed by atoms with van der Waals surface area (Å²) in [6, 6.07) is 8.04. The fourth-order valence-electron chi connectivity index (χ4n) is 3.00. The van der Waals surface area contributed by atoms with Gasteiger partial charge in [-0.05, 0) is 44.5 Å². The molecule has 3 rings (SSSR count). The number of rotatable bonds is 7. The Labute approximate surface area is 146 Å². The zero-order chi connectivity index (χ0) is 17.8. The van der Waals surface area contributed by atoms with Crippen LogP contribution in [0.4, 0.5) is 0 Å². The number of fused-ring (bicyclic) bond motifs is 1. The molecule has 1 aromatic carbocycles. The van der Waals surface area contributed by atoms with Gasteiger partial charge in [-0.15, -0.1) is 0 Å². The Morgan fingerprint density at radius 2 is 2.16 bits per heavy atom. The molecule has 0 aliphatic carbocycles. The third-order valence-electron chi connectivity index (χ3n) is 4.44. The molecule has 0 spiro atoms. The summed E-state index contributed by atoms with van der Waals surface area (Å²) in [6.07, 6.45) is 3.12. The quantitative estimate of drug-likeness (QED) is 0.717. The van der Waals surface area contributed by atoms with Crippen molar-refractivity contribution in [3.8, 4) is 5.75 Å². The minimum Gasteiger partial charge on any atom is -0.497 e. The van der Waals surface area contributed by atoms with Crippen LogP contribution >= 0.6 is 0 Å². The van der Waals surface area contributed by atoms with Crippen molar-refractivity contribution in [2.24, 2.45) is 0 Å². The molecular weight excluding hydrogens is 318 g/mol. The molecular formula is C19H23N3O3. The Kier molecular flexibility index (Phi) is 5.07. The largest absolute Gasteiger partial charge is 0.497 e. The zero-order valence-electron chi connectivity index (χ0n) is 14.8. The van der Waals surface area contributed by atoms with Crippen molar-refractivity contribution in [3.05, 3.63) is 47.5 Å². The van der Waals surface area contributed by atoms with Crippen LogP contribution < -0.4 is 10.1 Å². The van der Waals surface area contributed by atoms with Gasteiger partial charge in [0.05, 0.1) is 12.8 Å². The predicted molar refractivity (Wildman–Crippen MR) is 95.8 cm³/mol. The van der Waals surface area contributed by atoms with Crippen molar-refractivity contribution < 1.29 is 14.1 Å². The first-order chi connectivity index (χ1) is 12.1. The molecule has 132 valence electrons. The SMILES string of the molecule is COc1ccc2c(ccn2CCNC(=O)CCc2c(C)noc2C)c1. The molecule has 2 aromatic heterocycles. The second-order valence-corrected chi connectivity index (χ2v) is 6.09. The maximum atomic E-state index is 12.0. The summed E-state index contributed by atoms with van der Waals surface area (Å²) in [5.74, 6) is 1.68. The standard InChI is InChI=1S/C19H23N3O3/c1-13-17(14(2)25-21-13)5-7-19(23)20-9-11-22-10-8-15-12-16(24-3)4-6-18(15)22/h4,6,8,10,12H,5,7,9,11H2,1-3H3,(H,20,23). The number of hydrogen-bond donors (Lipinski definition) is 1. The Hall–Kier alpha value is -2.76. The van der Waals surface area contributed by atoms with E-state index in [0.717, 1.165) is 40.2 Å². The fraction of sp³-hybridized carbons (Fsp3) is 0.368. The van der Waals surface area contributed by atoms with Crippen molar-refractivity contribution in [1.29, 1.82) is 0 Å². The van der Waals surface area contributed by atoms with Gasteiger partial charge in [0.1, 0.15) is 11.5 Å². The van der Waals surface area contributed by atoms with Gasteiger partial charge in [0.15, 0.2) is 0 Å². The number of carbonyl (C=O) groups is 1. The van der Waals surface area contributed by atoms with Gasteiger partial charge < -0.3 is 19.1 Å². The van der Waals surface area contributed by atoms with E-state index in [2.05, 4.69) is 21.1 Å². The summed E-state index contributed by atoms with van der Waals surface area (Å²) in [7, 11) is 1.66. The van der Waals surface area contributed by atoms with Crippen molar-refractivity contribution in [1.82, 2.24) is 15.0 Å². The lowest BCUT2D eigenvalue weighted by Gasteiger charge is -2.08. The second kappa shape index (κ2) is 7.42. The first-order valence-electron chi connectivity index (χ1n) is 8.40. The average Bonchev–Trinajstić information content (AvgIpc) is 3.16. The maximum absolute atomic E-state index is 12.0. The number of nitrogens with one attached hydrogen (secondary N) is 1. The molecule has 0 aliphatic rings. The number of carbonyl (C=O) groups excluding carboxylic acids is 1. The first kappa shape index (κ1) is 17.1. The highest BCUT2D eigenvalue weighted by molar-refractivity contribution is 5.81. The molecule has 1 N–H and O–H groups in total. The molecule has 2 heterocycles. The summed E-state index contributed by atoms with van der Waals surface area (Å²) >= 11 is 0. The van der Waals surface area contributed by atoms with Gasteiger partial charge >= 0.3 is 0 Å². The summed E-state index contributed by atoms with van der Waals surface area (Å²) in [5, 5.41) is 8.02. The van der Waals surface area contributed by atoms with Gasteiger partial charge in [-0.3, -0.25) is 4.79 Å². The Bertz CT molecular complexity index is 860. The highest BCUT2D eigenvalue weighted by Gasteiger charge is 2.11. The molecule has 25 heavy (non-hydrogen) atoms. The summed E-state index contributed by atoms with van der Waals surface area (Å²) in [4.78, 5) is 12.0. The van der Waals surface area contributed by atoms with E-state index in [4.69, 9.17) is 9.26 Å². The lowest BCUT2D eigenvalue weighted by Crippen LogP contribution is -2.27. The van der Waals surface area contributed by atoms with E-state index >= 15 is 0 Å². The smallest absolute Gasteiger partial charge is 0.220 e. The van der Waals surface area contributed by atoms with Gasteiger partial charge in [0.25, 0.3) is 0 Å². The monoisotopic (exact) mass is 341 g/mol. The number of ether oxygens (including phenoxy) is 1. The van der Waals surface area contributed by atoms with Crippen LogP contribution in [-0.2, 0) is 17.8 Å². The lowest BCUT2D eigenvalue weighted by molar-refractivity contribution is -0.121. The second-order valence-electron chi connectivity index (χ2n) is 6.09. The van der Waals surface area contributed by atoms with E-state index in [1.807, 2.05) is 38.2 Å². The van der Waals surface area contributed by atoms with Crippen LogP contribution in [0, 0.1) is 13.8 Å². The topological polar surface area (TPSA) is 69.3 Å². The van der Waals surface area contributed by atoms with Gasteiger partial charge in [-0.1, -0.05) is 5.16 Å². The van der Waals surface area contributed by atoms with Crippen molar-refractivity contribution in [2.45, 2.75) is 33.2 Å². The summed E-state index contributed by atoms with van der Waals surface area (Å²) in [6.45, 7) is 5.10. The number of aromatic nitrogens is 2. The Balaban J connectivity index is 1.50. The molecule has 6 nitrogen and oxygen atoms in total. The minimum absolute atomic E-state index is 0.0399. The summed E-state index contributed by atoms with van der Waals surface area (Å²) in [5.41, 5.74) is 3.02. The molecule has 6 heteroatoms. The maximum Gasteiger partial charge on any atom is 0.220 e. The third kappa shape index (κ3) is 3.84. The normalized spacial score (nSPS) is 11.0. The van der Waals surface area contributed by atoms with Gasteiger partial charge in [0.2, 0.25) is 5.91 Å². The predicted octanol–water partition coefficient (Wildman–Crippen LogP) is 3.00. The fourth-order valence-corrected chi connectivity index (χ4v) is 3.00. The van der Waals surface area contributed by atoms with Crippen molar-refractivity contribution in [3.63, 3.8) is 0 Å². The van der Waals surface area contributed by atoms with Gasteiger partial charge in [-0.25, -0.2) is 0 Å². The molecule has 0 aliphatic heterocycles. The van der Waals surface area contributed by atoms with Gasteiger partial charge in [-0.2, -0.15) is 0 Å². The summed E-state index contributed by atoms with van der Waals surface area (Å²) < 4.78 is 12.5. The van der Waals surface area contributed by atoms with Crippen LogP contribution in [0.3, 0.4) is 0 Å². The van der Waals surface area contributed by atoms with Crippen molar-refractivity contribution >= 4 is 16.8 Å². The molecule has 0 saturated carbocycles. The number of benzene rings is 1. The number of aryl methyl sites for hydroxylation is 2. The molecule has 0 fully saturated rings. The molecule has 3 aromatic rings. The van der Waals surface area contributed by atoms with Gasteiger partial charge in [0, 0.05) is 42.2 Å². The van der Waals surface area contributed by atoms with E-state index in [0.29, 0.717) is 19.4 Å². The number of methoxy groups -OCH3 is 1. The first-order valence-corrected chi connectivity index (χ1v) is 8.40. The molecule has 1 amide bonds. The molecule has 0 saturated heterocycles. The van der Waals surface area contributed by atoms with Crippen LogP contribution in [0.1, 0.15) is 23.4 Å². The van der Waals surface area contributed by atoms with Crippen LogP contribution in [0.15, 0.2) is 35.0 Å². The highest BCUT2D eigenvalue weighted by Crippen LogP contribution is 2.21. The number of amides is 1. The third-order valence-corrected chi connectivity index (χ3v) is 4.44. The molecule has 0 radical (unpaired) electrons. The Morgan fingerprint density at radius 1 is 1.32 bits per heavy atom. The highest BCUT2D eigenvalue weighted by atomic mass is 16.5. The molecule has 0 unspecified atom stereocenters. The minimum atomic E-state index is 0.0399. The van der Waals surface area contributed by atoms with E-state index < -0.39 is 0 Å². The van der Waals surface area contributed by atoms with Crippen molar-refractivity contribution in [2.75, 3.05) is 13.7 Å². The van der Waals surface area contributed by atoms with Crippen LogP contribution in [0.25, 0.3) is 10.9 Å². The van der Waals surface area contributed by atoms with E-state index in [1.165, 1.54) is 0 Å². The van der Waals surface area contributed by atoms with Crippen LogP contribution in [-0.4, -0.2) is 29.3 Å². The molecule has 0 atom stereocenters. The van der Waals surface area contributed by atoms with Crippen LogP contribution in [0.5, 0.6) is 5.75 Å². The number of nitrogens with zero attached hydrogens (tertiary/aromatic N) is 2. The van der Waals surface area contributed by atoms with Crippen LogP contribution in [0.2, 0.25) is 0 Å². The lowest BCUT2D eigenvalue weighted by atomic mass is 10.1. The van der Waals surface area contributed by atoms with E-state index in [-0.39, 0.29) is 5.91 Å². The zero-order valence-corrected chi connectivity index (χ0v) is 14.8. The average molecular weight is 341 g/mol. The van der Waals surface area contributed by atoms with E-state index in [9.17, 15) is 4.79 Å². The molecule has 0 bridgehead atoms. The Morgan fingerprint density at radius 3 is 2.88 bits per heavy atom. The number of hydrogen-bond acceptors (Lipinski definition) is 4.